The number of aromatic nitrogens is 2. The van der Waals surface area contributed by atoms with E-state index in [-0.39, 0.29) is 0 Å². The van der Waals surface area contributed by atoms with Crippen LogP contribution in [0.1, 0.15) is 31.0 Å². The number of ether oxygens (including phenoxy) is 1. The van der Waals surface area contributed by atoms with Crippen LogP contribution in [0.15, 0.2) is 30.5 Å². The van der Waals surface area contributed by atoms with Crippen molar-refractivity contribution in [1.82, 2.24) is 9.97 Å². The molecule has 1 aliphatic heterocycles. The number of nitrogens with one attached hydrogen (secondary N) is 1. The average Bonchev–Trinajstić information content (AvgIpc) is 3.04. The first kappa shape index (κ1) is 15.1. The van der Waals surface area contributed by atoms with E-state index in [9.17, 15) is 0 Å². The smallest absolute Gasteiger partial charge is 0.141 e. The minimum Gasteiger partial charge on any atom is -0.493 e. The number of nitrogens with zero attached hydrogens (tertiary/aromatic N) is 2. The van der Waals surface area contributed by atoms with Crippen molar-refractivity contribution < 1.29 is 4.74 Å². The fourth-order valence-corrected chi connectivity index (χ4v) is 3.90. The fourth-order valence-electron chi connectivity index (χ4n) is 3.90. The molecule has 1 atom stereocenters. The molecule has 24 heavy (non-hydrogen) atoms. The van der Waals surface area contributed by atoms with Gasteiger partial charge >= 0.3 is 0 Å². The molecule has 1 N–H and O–H groups in total. The summed E-state index contributed by atoms with van der Waals surface area (Å²) < 4.78 is 5.86. The number of rotatable bonds is 3. The van der Waals surface area contributed by atoms with Crippen molar-refractivity contribution >= 4 is 16.7 Å². The number of anilines is 1. The summed E-state index contributed by atoms with van der Waals surface area (Å²) in [5.41, 5.74) is 7.18. The Morgan fingerprint density at radius 3 is 2.96 bits per heavy atom. The zero-order valence-corrected chi connectivity index (χ0v) is 14.7. The highest BCUT2D eigenvalue weighted by Gasteiger charge is 2.24. The molecular weight excluding hydrogens is 298 g/mol. The summed E-state index contributed by atoms with van der Waals surface area (Å²) in [6.07, 6.45) is 1.80. The number of hydrogen-bond donors (Lipinski definition) is 1. The molecule has 4 heteroatoms. The maximum Gasteiger partial charge on any atom is 0.141 e. The molecule has 0 radical (unpaired) electrons. The van der Waals surface area contributed by atoms with Gasteiger partial charge in [-0.25, -0.2) is 4.98 Å². The molecular formula is C20H23N3O. The number of H-pyrrole nitrogens is 1. The topological polar surface area (TPSA) is 41.1 Å². The number of benzene rings is 1. The molecule has 0 bridgehead atoms. The summed E-state index contributed by atoms with van der Waals surface area (Å²) >= 11 is 0. The van der Waals surface area contributed by atoms with E-state index >= 15 is 0 Å². The Morgan fingerprint density at radius 2 is 2.17 bits per heavy atom. The van der Waals surface area contributed by atoms with Crippen molar-refractivity contribution in [3.05, 3.63) is 41.7 Å². The fraction of sp³-hybridized carbons (Fsp3) is 0.350. The molecule has 0 fully saturated rings. The molecule has 0 saturated carbocycles. The van der Waals surface area contributed by atoms with E-state index in [4.69, 9.17) is 4.74 Å². The van der Waals surface area contributed by atoms with Gasteiger partial charge in [-0.2, -0.15) is 0 Å². The Bertz CT molecular complexity index is 913. The predicted octanol–water partition coefficient (Wildman–Crippen LogP) is 4.49. The average molecular weight is 321 g/mol. The largest absolute Gasteiger partial charge is 0.493 e. The zero-order valence-electron chi connectivity index (χ0n) is 14.7. The summed E-state index contributed by atoms with van der Waals surface area (Å²) in [6.45, 7) is 8.13. The van der Waals surface area contributed by atoms with E-state index in [1.165, 1.54) is 22.4 Å². The van der Waals surface area contributed by atoms with E-state index in [0.717, 1.165) is 29.0 Å². The van der Waals surface area contributed by atoms with E-state index in [1.54, 1.807) is 6.20 Å². The highest BCUT2D eigenvalue weighted by atomic mass is 16.5. The van der Waals surface area contributed by atoms with E-state index < -0.39 is 0 Å². The lowest BCUT2D eigenvalue weighted by Gasteiger charge is -2.14. The molecule has 3 aromatic rings. The lowest BCUT2D eigenvalue weighted by molar-refractivity contribution is 0.344. The van der Waals surface area contributed by atoms with Crippen molar-refractivity contribution in [2.45, 2.75) is 26.7 Å². The van der Waals surface area contributed by atoms with Crippen LogP contribution in [0, 0.1) is 6.92 Å². The molecule has 0 amide bonds. The summed E-state index contributed by atoms with van der Waals surface area (Å²) in [7, 11) is 2.17. The van der Waals surface area contributed by atoms with Gasteiger partial charge in [0.2, 0.25) is 0 Å². The minimum atomic E-state index is 0.587. The second-order valence-corrected chi connectivity index (χ2v) is 6.65. The highest BCUT2D eigenvalue weighted by molar-refractivity contribution is 6.00. The van der Waals surface area contributed by atoms with Crippen LogP contribution < -0.4 is 9.64 Å². The molecule has 1 aromatic carbocycles. The van der Waals surface area contributed by atoms with Crippen molar-refractivity contribution in [1.29, 1.82) is 0 Å². The molecule has 0 aliphatic carbocycles. The Kier molecular flexibility index (Phi) is 3.48. The number of aryl methyl sites for hydroxylation is 1. The molecule has 1 aliphatic rings. The second kappa shape index (κ2) is 5.55. The molecule has 0 spiro atoms. The zero-order chi connectivity index (χ0) is 16.8. The first-order valence-corrected chi connectivity index (χ1v) is 8.55. The van der Waals surface area contributed by atoms with Crippen LogP contribution in [-0.2, 0) is 0 Å². The lowest BCUT2D eigenvalue weighted by Crippen LogP contribution is -2.13. The number of hydrogen-bond acceptors (Lipinski definition) is 3. The third kappa shape index (κ3) is 2.17. The number of likely N-dealkylation sites (N-methyl/N-ethyl adjacent to an activating group) is 1. The minimum absolute atomic E-state index is 0.587. The van der Waals surface area contributed by atoms with Gasteiger partial charge in [0.25, 0.3) is 0 Å². The van der Waals surface area contributed by atoms with Crippen LogP contribution >= 0.6 is 0 Å². The third-order valence-electron chi connectivity index (χ3n) is 4.95. The molecule has 4 rings (SSSR count). The van der Waals surface area contributed by atoms with Gasteiger partial charge in [0, 0.05) is 42.7 Å². The van der Waals surface area contributed by atoms with E-state index in [0.29, 0.717) is 12.5 Å². The van der Waals surface area contributed by atoms with Crippen molar-refractivity contribution in [2.24, 2.45) is 0 Å². The number of fused-ring (bicyclic) bond motifs is 2. The molecule has 4 nitrogen and oxygen atoms in total. The van der Waals surface area contributed by atoms with Gasteiger partial charge in [0.05, 0.1) is 12.0 Å². The summed E-state index contributed by atoms with van der Waals surface area (Å²) in [5, 5.41) is 1.07. The third-order valence-corrected chi connectivity index (χ3v) is 4.95. The van der Waals surface area contributed by atoms with Crippen LogP contribution in [0.25, 0.3) is 22.2 Å². The quantitative estimate of drug-likeness (QED) is 0.773. The van der Waals surface area contributed by atoms with Crippen LogP contribution in [-0.4, -0.2) is 30.2 Å². The predicted molar refractivity (Wildman–Crippen MR) is 99.1 cm³/mol. The van der Waals surface area contributed by atoms with Gasteiger partial charge < -0.3 is 14.6 Å². The Hall–Kier alpha value is -2.49. The maximum atomic E-state index is 5.86. The van der Waals surface area contributed by atoms with Crippen LogP contribution in [0.4, 0.5) is 5.69 Å². The van der Waals surface area contributed by atoms with Crippen molar-refractivity contribution in [3.8, 4) is 16.9 Å². The molecule has 1 unspecified atom stereocenters. The van der Waals surface area contributed by atoms with Crippen molar-refractivity contribution in [2.75, 3.05) is 25.1 Å². The van der Waals surface area contributed by atoms with Gasteiger partial charge in [0.1, 0.15) is 11.4 Å². The molecule has 3 heterocycles. The second-order valence-electron chi connectivity index (χ2n) is 6.65. The van der Waals surface area contributed by atoms with E-state index in [2.05, 4.69) is 54.0 Å². The first-order chi connectivity index (χ1) is 11.6. The van der Waals surface area contributed by atoms with Gasteiger partial charge in [0.15, 0.2) is 0 Å². The van der Waals surface area contributed by atoms with Gasteiger partial charge in [-0.15, -0.1) is 0 Å². The highest BCUT2D eigenvalue weighted by Crippen LogP contribution is 2.42. The number of pyridine rings is 1. The van der Waals surface area contributed by atoms with Gasteiger partial charge in [-0.05, 0) is 37.1 Å². The summed E-state index contributed by atoms with van der Waals surface area (Å²) in [6, 6.07) is 8.75. The summed E-state index contributed by atoms with van der Waals surface area (Å²) in [5.74, 6) is 1.48. The standard InChI is InChI=1S/C20H23N3O/c1-5-24-17-8-9-21-20-19(17)18(13(3)22-20)14-6-7-15-12(2)11-23(4)16(15)10-14/h6-10,12H,5,11H2,1-4H3,(H,21,22). The Balaban J connectivity index is 1.94. The maximum absolute atomic E-state index is 5.86. The monoisotopic (exact) mass is 321 g/mol. The van der Waals surface area contributed by atoms with Crippen LogP contribution in [0.2, 0.25) is 0 Å². The normalized spacial score (nSPS) is 16.7. The van der Waals surface area contributed by atoms with Crippen molar-refractivity contribution in [3.63, 3.8) is 0 Å². The van der Waals surface area contributed by atoms with E-state index in [1.807, 2.05) is 13.0 Å². The van der Waals surface area contributed by atoms with Gasteiger partial charge in [-0.3, -0.25) is 0 Å². The molecule has 2 aromatic heterocycles. The Labute approximate surface area is 142 Å². The lowest BCUT2D eigenvalue weighted by atomic mass is 9.97. The van der Waals surface area contributed by atoms with Crippen LogP contribution in [0.5, 0.6) is 5.75 Å². The number of aromatic amines is 1. The first-order valence-electron chi connectivity index (χ1n) is 8.55. The SMILES string of the molecule is CCOc1ccnc2[nH]c(C)c(-c3ccc4c(c3)N(C)CC4C)c12. The Morgan fingerprint density at radius 1 is 1.33 bits per heavy atom. The van der Waals surface area contributed by atoms with Gasteiger partial charge in [-0.1, -0.05) is 19.1 Å². The molecule has 0 saturated heterocycles. The van der Waals surface area contributed by atoms with Crippen LogP contribution in [0.3, 0.4) is 0 Å². The summed E-state index contributed by atoms with van der Waals surface area (Å²) in [4.78, 5) is 10.2. The molecule has 124 valence electrons.